The maximum absolute atomic E-state index is 5.52. The van der Waals surface area contributed by atoms with Gasteiger partial charge in [-0.05, 0) is 0 Å². The molecule has 1 atom stereocenters. The Morgan fingerprint density at radius 3 is 3.24 bits per heavy atom. The molecule has 88 valence electrons. The van der Waals surface area contributed by atoms with Gasteiger partial charge in [-0.15, -0.1) is 11.3 Å². The summed E-state index contributed by atoms with van der Waals surface area (Å²) in [6.07, 6.45) is 6.31. The van der Waals surface area contributed by atoms with Crippen LogP contribution in [0.25, 0.3) is 4.96 Å². The van der Waals surface area contributed by atoms with Gasteiger partial charge in [-0.3, -0.25) is 15.7 Å². The fourth-order valence-electron chi connectivity index (χ4n) is 1.71. The third-order valence-corrected chi connectivity index (χ3v) is 3.32. The van der Waals surface area contributed by atoms with Gasteiger partial charge in [0, 0.05) is 24.2 Å². The molecule has 0 amide bonds. The van der Waals surface area contributed by atoms with Gasteiger partial charge in [0.2, 0.25) is 0 Å². The maximum Gasteiger partial charge on any atom is 0.193 e. The summed E-state index contributed by atoms with van der Waals surface area (Å²) in [5.74, 6) is 5.52. The molecule has 0 spiro atoms. The summed E-state index contributed by atoms with van der Waals surface area (Å²) in [4.78, 5) is 5.48. The van der Waals surface area contributed by atoms with Crippen LogP contribution in [0.3, 0.4) is 0 Å². The molecule has 1 unspecified atom stereocenters. The summed E-state index contributed by atoms with van der Waals surface area (Å²) in [7, 11) is 0. The van der Waals surface area contributed by atoms with Gasteiger partial charge < -0.3 is 0 Å². The zero-order valence-corrected chi connectivity index (χ0v) is 9.68. The molecule has 0 aliphatic carbocycles. The van der Waals surface area contributed by atoms with Crippen molar-refractivity contribution in [3.63, 3.8) is 0 Å². The number of nitrogens with zero attached hydrogens (tertiary/aromatic N) is 4. The van der Waals surface area contributed by atoms with E-state index in [-0.39, 0.29) is 6.04 Å². The van der Waals surface area contributed by atoms with Gasteiger partial charge in [-0.25, -0.2) is 4.98 Å². The lowest BCUT2D eigenvalue weighted by molar-refractivity contribution is 0.532. The smallest absolute Gasteiger partial charge is 0.193 e. The zero-order valence-electron chi connectivity index (χ0n) is 8.87. The average molecular weight is 249 g/mol. The highest BCUT2D eigenvalue weighted by atomic mass is 32.1. The van der Waals surface area contributed by atoms with E-state index in [0.29, 0.717) is 6.42 Å². The first-order valence-corrected chi connectivity index (χ1v) is 5.97. The van der Waals surface area contributed by atoms with Crippen molar-refractivity contribution in [2.45, 2.75) is 12.5 Å². The third kappa shape index (κ3) is 1.93. The van der Waals surface area contributed by atoms with E-state index in [1.54, 1.807) is 17.5 Å². The lowest BCUT2D eigenvalue weighted by Crippen LogP contribution is -2.30. The Bertz CT molecular complexity index is 567. The van der Waals surface area contributed by atoms with E-state index in [4.69, 9.17) is 5.84 Å². The van der Waals surface area contributed by atoms with Crippen molar-refractivity contribution in [2.75, 3.05) is 0 Å². The first kappa shape index (κ1) is 10.4. The van der Waals surface area contributed by atoms with E-state index in [9.17, 15) is 0 Å². The number of nitrogens with two attached hydrogens (primary N) is 1. The van der Waals surface area contributed by atoms with Gasteiger partial charge in [-0.1, -0.05) is 0 Å². The minimum Gasteiger partial charge on any atom is -0.297 e. The Morgan fingerprint density at radius 2 is 2.53 bits per heavy atom. The van der Waals surface area contributed by atoms with Crippen LogP contribution in [0.4, 0.5) is 0 Å². The SMILES string of the molecule is NNC(Cc1cn2ccsc2n1)c1cn[nH]n1. The van der Waals surface area contributed by atoms with Crippen molar-refractivity contribution in [1.29, 1.82) is 0 Å². The van der Waals surface area contributed by atoms with Gasteiger partial charge in [0.15, 0.2) is 4.96 Å². The molecule has 0 aromatic carbocycles. The second-order valence-electron chi connectivity index (χ2n) is 3.64. The van der Waals surface area contributed by atoms with E-state index >= 15 is 0 Å². The molecular weight excluding hydrogens is 238 g/mol. The molecule has 0 radical (unpaired) electrons. The first-order valence-electron chi connectivity index (χ1n) is 5.09. The largest absolute Gasteiger partial charge is 0.297 e. The maximum atomic E-state index is 5.52. The standard InChI is InChI=1S/C9H11N7S/c10-13-7(8-4-11-15-14-8)3-6-5-16-1-2-17-9(16)12-6/h1-2,4-5,7,13H,3,10H2,(H,11,14,15). The van der Waals surface area contributed by atoms with Gasteiger partial charge in [0.25, 0.3) is 0 Å². The van der Waals surface area contributed by atoms with Crippen LogP contribution in [0.1, 0.15) is 17.4 Å². The highest BCUT2D eigenvalue weighted by Gasteiger charge is 2.15. The first-order chi connectivity index (χ1) is 8.36. The number of hydrogen-bond donors (Lipinski definition) is 3. The summed E-state index contributed by atoms with van der Waals surface area (Å²) in [6, 6.07) is -0.0849. The summed E-state index contributed by atoms with van der Waals surface area (Å²) >= 11 is 1.61. The van der Waals surface area contributed by atoms with E-state index in [1.165, 1.54) is 0 Å². The monoisotopic (exact) mass is 249 g/mol. The van der Waals surface area contributed by atoms with E-state index in [1.807, 2.05) is 22.2 Å². The van der Waals surface area contributed by atoms with Crippen LogP contribution < -0.4 is 11.3 Å². The Balaban J connectivity index is 1.83. The summed E-state index contributed by atoms with van der Waals surface area (Å²) < 4.78 is 2.00. The fourth-order valence-corrected chi connectivity index (χ4v) is 2.43. The molecule has 17 heavy (non-hydrogen) atoms. The number of H-pyrrole nitrogens is 1. The van der Waals surface area contributed by atoms with Crippen LogP contribution in [0, 0.1) is 0 Å². The number of imidazole rings is 1. The van der Waals surface area contributed by atoms with Gasteiger partial charge in [0.1, 0.15) is 5.69 Å². The number of hydrazine groups is 1. The summed E-state index contributed by atoms with van der Waals surface area (Å²) in [5.41, 5.74) is 4.48. The molecule has 4 N–H and O–H groups in total. The Labute approximate surface area is 101 Å². The lowest BCUT2D eigenvalue weighted by atomic mass is 10.1. The molecule has 3 heterocycles. The average Bonchev–Trinajstić information content (AvgIpc) is 3.01. The van der Waals surface area contributed by atoms with Gasteiger partial charge in [-0.2, -0.15) is 15.4 Å². The quantitative estimate of drug-likeness (QED) is 0.455. The number of rotatable bonds is 4. The molecule has 0 saturated heterocycles. The second kappa shape index (κ2) is 4.24. The van der Waals surface area contributed by atoms with Crippen LogP contribution in [0.2, 0.25) is 0 Å². The molecule has 3 aromatic heterocycles. The molecule has 3 rings (SSSR count). The van der Waals surface area contributed by atoms with E-state index in [2.05, 4.69) is 25.8 Å². The number of fused-ring (bicyclic) bond motifs is 1. The van der Waals surface area contributed by atoms with Crippen LogP contribution in [0.5, 0.6) is 0 Å². The minimum absolute atomic E-state index is 0.0849. The molecule has 0 bridgehead atoms. The summed E-state index contributed by atoms with van der Waals surface area (Å²) in [5, 5.41) is 12.4. The second-order valence-corrected chi connectivity index (χ2v) is 4.52. The van der Waals surface area contributed by atoms with Crippen LogP contribution in [-0.4, -0.2) is 24.8 Å². The minimum atomic E-state index is -0.0849. The van der Waals surface area contributed by atoms with Crippen molar-refractivity contribution >= 4 is 16.3 Å². The van der Waals surface area contributed by atoms with Crippen LogP contribution in [0.15, 0.2) is 24.0 Å². The number of thiazole rings is 1. The molecule has 0 aliphatic rings. The number of aromatic nitrogens is 5. The summed E-state index contributed by atoms with van der Waals surface area (Å²) in [6.45, 7) is 0. The van der Waals surface area contributed by atoms with Crippen molar-refractivity contribution in [2.24, 2.45) is 5.84 Å². The fraction of sp³-hybridized carbons (Fsp3) is 0.222. The van der Waals surface area contributed by atoms with Crippen molar-refractivity contribution in [1.82, 2.24) is 30.2 Å². The number of hydrogen-bond acceptors (Lipinski definition) is 6. The van der Waals surface area contributed by atoms with Crippen molar-refractivity contribution in [3.05, 3.63) is 35.4 Å². The van der Waals surface area contributed by atoms with Crippen LogP contribution >= 0.6 is 11.3 Å². The highest BCUT2D eigenvalue weighted by Crippen LogP contribution is 2.17. The van der Waals surface area contributed by atoms with Crippen LogP contribution in [-0.2, 0) is 6.42 Å². The Morgan fingerprint density at radius 1 is 1.59 bits per heavy atom. The molecule has 3 aromatic rings. The molecular formula is C9H11N7S. The molecule has 7 nitrogen and oxygen atoms in total. The van der Waals surface area contributed by atoms with E-state index < -0.39 is 0 Å². The lowest BCUT2D eigenvalue weighted by Gasteiger charge is -2.10. The molecule has 0 saturated carbocycles. The predicted molar refractivity (Wildman–Crippen MR) is 63.2 cm³/mol. The highest BCUT2D eigenvalue weighted by molar-refractivity contribution is 7.15. The molecule has 8 heteroatoms. The van der Waals surface area contributed by atoms with Crippen molar-refractivity contribution < 1.29 is 0 Å². The van der Waals surface area contributed by atoms with Gasteiger partial charge in [0.05, 0.1) is 17.9 Å². The number of aromatic amines is 1. The van der Waals surface area contributed by atoms with E-state index in [0.717, 1.165) is 16.3 Å². The topological polar surface area (TPSA) is 96.9 Å². The van der Waals surface area contributed by atoms with Crippen molar-refractivity contribution in [3.8, 4) is 0 Å². The van der Waals surface area contributed by atoms with Gasteiger partial charge >= 0.3 is 0 Å². The normalized spacial score (nSPS) is 13.2. The zero-order chi connectivity index (χ0) is 11.7. The molecule has 0 aliphatic heterocycles. The molecule has 0 fully saturated rings. The number of nitrogens with one attached hydrogen (secondary N) is 2. The Hall–Kier alpha value is -1.77. The Kier molecular flexibility index (Phi) is 2.59. The third-order valence-electron chi connectivity index (χ3n) is 2.55. The predicted octanol–water partition coefficient (Wildman–Crippen LogP) is 0.261.